The fourth-order valence-corrected chi connectivity index (χ4v) is 3.32. The second kappa shape index (κ2) is 8.71. The van der Waals surface area contributed by atoms with Crippen molar-refractivity contribution in [2.45, 2.75) is 58.0 Å². The van der Waals surface area contributed by atoms with Crippen molar-refractivity contribution >= 4 is 11.8 Å². The molecule has 24 heavy (non-hydrogen) atoms. The highest BCUT2D eigenvalue weighted by molar-refractivity contribution is 5.79. The fourth-order valence-electron chi connectivity index (χ4n) is 3.32. The van der Waals surface area contributed by atoms with E-state index in [-0.39, 0.29) is 30.3 Å². The third-order valence-corrected chi connectivity index (χ3v) is 4.74. The minimum Gasteiger partial charge on any atom is -0.497 e. The van der Waals surface area contributed by atoms with Gasteiger partial charge in [0, 0.05) is 13.0 Å². The molecule has 1 saturated carbocycles. The molecule has 3 atom stereocenters. The van der Waals surface area contributed by atoms with E-state index in [2.05, 4.69) is 17.6 Å². The van der Waals surface area contributed by atoms with Crippen molar-refractivity contribution in [1.29, 1.82) is 0 Å². The summed E-state index contributed by atoms with van der Waals surface area (Å²) in [5.74, 6) is 1.11. The number of ether oxygens (including phenoxy) is 1. The zero-order valence-corrected chi connectivity index (χ0v) is 14.8. The molecule has 3 unspecified atom stereocenters. The highest BCUT2D eigenvalue weighted by Gasteiger charge is 2.24. The van der Waals surface area contributed by atoms with Gasteiger partial charge in [0.05, 0.1) is 19.6 Å². The van der Waals surface area contributed by atoms with Crippen LogP contribution in [0.3, 0.4) is 0 Å². The maximum atomic E-state index is 12.5. The Bertz CT molecular complexity index is 556. The van der Waals surface area contributed by atoms with E-state index < -0.39 is 0 Å². The third kappa shape index (κ3) is 5.25. The summed E-state index contributed by atoms with van der Waals surface area (Å²) in [5, 5.41) is 6.02. The topological polar surface area (TPSA) is 67.4 Å². The number of hydrogen-bond donors (Lipinski definition) is 2. The number of rotatable bonds is 6. The molecule has 1 aliphatic rings. The van der Waals surface area contributed by atoms with Crippen molar-refractivity contribution in [2.24, 2.45) is 5.92 Å². The molecule has 1 aliphatic carbocycles. The summed E-state index contributed by atoms with van der Waals surface area (Å²) in [7, 11) is 1.61. The summed E-state index contributed by atoms with van der Waals surface area (Å²) < 4.78 is 5.16. The predicted octanol–water partition coefficient (Wildman–Crippen LogP) is 2.96. The van der Waals surface area contributed by atoms with Crippen LogP contribution >= 0.6 is 0 Å². The van der Waals surface area contributed by atoms with Crippen LogP contribution in [0.1, 0.15) is 57.6 Å². The molecule has 1 fully saturated rings. The smallest absolute Gasteiger partial charge is 0.222 e. The van der Waals surface area contributed by atoms with Gasteiger partial charge in [-0.1, -0.05) is 31.9 Å². The molecule has 0 saturated heterocycles. The van der Waals surface area contributed by atoms with Gasteiger partial charge in [0.2, 0.25) is 11.8 Å². The molecule has 2 amide bonds. The average Bonchev–Trinajstić information content (AvgIpc) is 2.56. The lowest BCUT2D eigenvalue weighted by Gasteiger charge is -2.30. The first kappa shape index (κ1) is 18.3. The lowest BCUT2D eigenvalue weighted by atomic mass is 9.86. The molecule has 0 radical (unpaired) electrons. The van der Waals surface area contributed by atoms with Crippen LogP contribution in [-0.2, 0) is 9.59 Å². The van der Waals surface area contributed by atoms with Crippen LogP contribution in [0, 0.1) is 5.92 Å². The van der Waals surface area contributed by atoms with Crippen LogP contribution in [0.4, 0.5) is 0 Å². The standard InChI is InChI=1S/C19H28N2O3/c1-13-6-4-5-7-17(13)21-19(23)12-18(20-14(2)22)15-8-10-16(24-3)11-9-15/h8-11,13,17-18H,4-7,12H2,1-3H3,(H,20,22)(H,21,23). The van der Waals surface area contributed by atoms with Crippen molar-refractivity contribution in [3.63, 3.8) is 0 Å². The van der Waals surface area contributed by atoms with Crippen LogP contribution in [0.15, 0.2) is 24.3 Å². The van der Waals surface area contributed by atoms with E-state index in [0.29, 0.717) is 5.92 Å². The van der Waals surface area contributed by atoms with Gasteiger partial charge in [-0.2, -0.15) is 0 Å². The van der Waals surface area contributed by atoms with Crippen LogP contribution in [0.2, 0.25) is 0 Å². The van der Waals surface area contributed by atoms with E-state index in [4.69, 9.17) is 4.74 Å². The Hall–Kier alpha value is -2.04. The number of nitrogens with one attached hydrogen (secondary N) is 2. The van der Waals surface area contributed by atoms with Gasteiger partial charge in [-0.15, -0.1) is 0 Å². The monoisotopic (exact) mass is 332 g/mol. The molecule has 5 nitrogen and oxygen atoms in total. The third-order valence-electron chi connectivity index (χ3n) is 4.74. The Morgan fingerprint density at radius 2 is 1.88 bits per heavy atom. The Balaban J connectivity index is 2.01. The number of amides is 2. The SMILES string of the molecule is COc1ccc(C(CC(=O)NC2CCCCC2C)NC(C)=O)cc1. The molecule has 1 aromatic carbocycles. The zero-order chi connectivity index (χ0) is 17.5. The van der Waals surface area contributed by atoms with Crippen molar-refractivity contribution in [1.82, 2.24) is 10.6 Å². The number of benzene rings is 1. The Labute approximate surface area is 144 Å². The maximum absolute atomic E-state index is 12.5. The van der Waals surface area contributed by atoms with Crippen molar-refractivity contribution < 1.29 is 14.3 Å². The summed E-state index contributed by atoms with van der Waals surface area (Å²) in [5.41, 5.74) is 0.901. The van der Waals surface area contributed by atoms with Gasteiger partial charge in [-0.05, 0) is 36.5 Å². The Kier molecular flexibility index (Phi) is 6.64. The van der Waals surface area contributed by atoms with Gasteiger partial charge in [0.25, 0.3) is 0 Å². The molecule has 2 rings (SSSR count). The number of hydrogen-bond acceptors (Lipinski definition) is 3. The van der Waals surface area contributed by atoms with E-state index in [1.165, 1.54) is 26.2 Å². The summed E-state index contributed by atoms with van der Waals surface area (Å²) in [6.07, 6.45) is 4.87. The Morgan fingerprint density at radius 1 is 1.21 bits per heavy atom. The molecule has 0 aliphatic heterocycles. The predicted molar refractivity (Wildman–Crippen MR) is 93.7 cm³/mol. The minimum atomic E-state index is -0.327. The van der Waals surface area contributed by atoms with Gasteiger partial charge < -0.3 is 15.4 Å². The zero-order valence-electron chi connectivity index (χ0n) is 14.8. The van der Waals surface area contributed by atoms with Crippen LogP contribution < -0.4 is 15.4 Å². The molecular formula is C19H28N2O3. The van der Waals surface area contributed by atoms with Gasteiger partial charge in [0.15, 0.2) is 0 Å². The lowest BCUT2D eigenvalue weighted by Crippen LogP contribution is -2.42. The molecule has 1 aromatic rings. The van der Waals surface area contributed by atoms with E-state index in [1.807, 2.05) is 24.3 Å². The molecule has 5 heteroatoms. The molecule has 0 spiro atoms. The first-order valence-electron chi connectivity index (χ1n) is 8.70. The van der Waals surface area contributed by atoms with Crippen molar-refractivity contribution in [3.8, 4) is 5.75 Å². The lowest BCUT2D eigenvalue weighted by molar-refractivity contribution is -0.123. The van der Waals surface area contributed by atoms with Crippen LogP contribution in [-0.4, -0.2) is 25.0 Å². The molecule has 132 valence electrons. The molecular weight excluding hydrogens is 304 g/mol. The summed E-state index contributed by atoms with van der Waals surface area (Å²) in [4.78, 5) is 24.0. The van der Waals surface area contributed by atoms with Crippen LogP contribution in [0.5, 0.6) is 5.75 Å². The second-order valence-corrected chi connectivity index (χ2v) is 6.67. The largest absolute Gasteiger partial charge is 0.497 e. The molecule has 0 aromatic heterocycles. The first-order valence-corrected chi connectivity index (χ1v) is 8.70. The van der Waals surface area contributed by atoms with Gasteiger partial charge >= 0.3 is 0 Å². The molecule has 0 heterocycles. The fraction of sp³-hybridized carbons (Fsp3) is 0.579. The van der Waals surface area contributed by atoms with Gasteiger partial charge in [-0.25, -0.2) is 0 Å². The first-order chi connectivity index (χ1) is 11.5. The maximum Gasteiger partial charge on any atom is 0.222 e. The van der Waals surface area contributed by atoms with Crippen molar-refractivity contribution in [3.05, 3.63) is 29.8 Å². The molecule has 2 N–H and O–H groups in total. The van der Waals surface area contributed by atoms with Crippen LogP contribution in [0.25, 0.3) is 0 Å². The normalized spacial score (nSPS) is 21.6. The number of carbonyl (C=O) groups excluding carboxylic acids is 2. The average molecular weight is 332 g/mol. The van der Waals surface area contributed by atoms with Gasteiger partial charge in [-0.3, -0.25) is 9.59 Å². The summed E-state index contributed by atoms with van der Waals surface area (Å²) >= 11 is 0. The Morgan fingerprint density at radius 3 is 2.46 bits per heavy atom. The summed E-state index contributed by atoms with van der Waals surface area (Å²) in [6, 6.07) is 7.37. The summed E-state index contributed by atoms with van der Waals surface area (Å²) in [6.45, 7) is 3.66. The van der Waals surface area contributed by atoms with Crippen molar-refractivity contribution in [2.75, 3.05) is 7.11 Å². The molecule has 0 bridgehead atoms. The highest BCUT2D eigenvalue weighted by Crippen LogP contribution is 2.25. The highest BCUT2D eigenvalue weighted by atomic mass is 16.5. The number of carbonyl (C=O) groups is 2. The quantitative estimate of drug-likeness (QED) is 0.841. The second-order valence-electron chi connectivity index (χ2n) is 6.67. The minimum absolute atomic E-state index is 0.0108. The van der Waals surface area contributed by atoms with E-state index >= 15 is 0 Å². The van der Waals surface area contributed by atoms with Gasteiger partial charge in [0.1, 0.15) is 5.75 Å². The number of methoxy groups -OCH3 is 1. The van der Waals surface area contributed by atoms with E-state index in [9.17, 15) is 9.59 Å². The van der Waals surface area contributed by atoms with E-state index in [0.717, 1.165) is 17.7 Å². The van der Waals surface area contributed by atoms with E-state index in [1.54, 1.807) is 7.11 Å².